The molecule has 0 aliphatic rings. The van der Waals surface area contributed by atoms with Crippen LogP contribution in [-0.2, 0) is 18.3 Å². The second-order valence-corrected chi connectivity index (χ2v) is 5.79. The minimum absolute atomic E-state index is 0.323. The molecule has 0 fully saturated rings. The zero-order valence-corrected chi connectivity index (χ0v) is 10.5. The first-order valence-electron chi connectivity index (χ1n) is 4.20. The minimum atomic E-state index is -3.56. The summed E-state index contributed by atoms with van der Waals surface area (Å²) < 4.78 is 25.8. The van der Waals surface area contributed by atoms with Crippen molar-refractivity contribution in [2.45, 2.75) is 0 Å². The number of hydrogen-bond acceptors (Lipinski definition) is 6. The van der Waals surface area contributed by atoms with Crippen LogP contribution in [0.4, 0.5) is 0 Å². The molecule has 0 aliphatic carbocycles. The van der Waals surface area contributed by atoms with E-state index >= 15 is 0 Å². The average molecular weight is 262 g/mol. The molecule has 0 saturated heterocycles. The molecular formula is C9H11O5PS. The van der Waals surface area contributed by atoms with Crippen LogP contribution in [0.15, 0.2) is 29.6 Å². The molecule has 7 heteroatoms. The van der Waals surface area contributed by atoms with Crippen LogP contribution in [0.5, 0.6) is 0 Å². The van der Waals surface area contributed by atoms with Gasteiger partial charge in [-0.3, -0.25) is 4.57 Å². The fraction of sp³-hybridized carbons (Fsp3) is 0.222. The summed E-state index contributed by atoms with van der Waals surface area (Å²) in [6.45, 7) is 3.37. The van der Waals surface area contributed by atoms with E-state index < -0.39 is 13.6 Å². The zero-order valence-electron chi connectivity index (χ0n) is 8.84. The van der Waals surface area contributed by atoms with Gasteiger partial charge in [-0.2, -0.15) is 0 Å². The van der Waals surface area contributed by atoms with Gasteiger partial charge in [-0.05, 0) is 18.0 Å². The van der Waals surface area contributed by atoms with Gasteiger partial charge in [0.15, 0.2) is 0 Å². The fourth-order valence-corrected chi connectivity index (χ4v) is 2.24. The lowest BCUT2D eigenvalue weighted by Crippen LogP contribution is -2.04. The van der Waals surface area contributed by atoms with Gasteiger partial charge in [0.25, 0.3) is 0 Å². The molecule has 88 valence electrons. The van der Waals surface area contributed by atoms with Crippen molar-refractivity contribution in [3.8, 4) is 0 Å². The highest BCUT2D eigenvalue weighted by Crippen LogP contribution is 2.54. The van der Waals surface area contributed by atoms with E-state index in [2.05, 4.69) is 15.6 Å². The van der Waals surface area contributed by atoms with Crippen molar-refractivity contribution < 1.29 is 23.1 Å². The van der Waals surface area contributed by atoms with E-state index in [1.807, 2.05) is 0 Å². The number of hydrogen-bond donors (Lipinski definition) is 0. The SMILES string of the molecule is C=C(OC(=O)c1cccs1)P(=O)(OC)OC. The normalized spacial score (nSPS) is 11.1. The van der Waals surface area contributed by atoms with Crippen LogP contribution >= 0.6 is 18.9 Å². The van der Waals surface area contributed by atoms with Gasteiger partial charge in [0, 0.05) is 14.2 Å². The van der Waals surface area contributed by atoms with Gasteiger partial charge < -0.3 is 13.8 Å². The molecule has 0 N–H and O–H groups in total. The van der Waals surface area contributed by atoms with Crippen LogP contribution in [-0.4, -0.2) is 20.2 Å². The van der Waals surface area contributed by atoms with Gasteiger partial charge in [-0.25, -0.2) is 4.79 Å². The molecular weight excluding hydrogens is 251 g/mol. The van der Waals surface area contributed by atoms with Crippen LogP contribution < -0.4 is 0 Å². The van der Waals surface area contributed by atoms with E-state index in [-0.39, 0.29) is 5.50 Å². The lowest BCUT2D eigenvalue weighted by molar-refractivity contribution is 0.0639. The van der Waals surface area contributed by atoms with Crippen LogP contribution in [0.2, 0.25) is 0 Å². The Kier molecular flexibility index (Phi) is 4.44. The summed E-state index contributed by atoms with van der Waals surface area (Å²) in [5, 5.41) is 1.73. The Morgan fingerprint density at radius 3 is 2.50 bits per heavy atom. The second-order valence-electron chi connectivity index (χ2n) is 2.62. The predicted octanol–water partition coefficient (Wildman–Crippen LogP) is 2.86. The Bertz CT molecular complexity index is 417. The van der Waals surface area contributed by atoms with E-state index in [0.717, 1.165) is 0 Å². The van der Waals surface area contributed by atoms with Gasteiger partial charge >= 0.3 is 13.6 Å². The molecule has 0 saturated carbocycles. The molecule has 1 heterocycles. The van der Waals surface area contributed by atoms with Gasteiger partial charge in [-0.15, -0.1) is 11.3 Å². The van der Waals surface area contributed by atoms with Gasteiger partial charge in [0.2, 0.25) is 5.50 Å². The zero-order chi connectivity index (χ0) is 12.2. The van der Waals surface area contributed by atoms with E-state index in [0.29, 0.717) is 4.88 Å². The van der Waals surface area contributed by atoms with E-state index in [1.54, 1.807) is 17.5 Å². The molecule has 0 amide bonds. The van der Waals surface area contributed by atoms with Crippen molar-refractivity contribution in [2.24, 2.45) is 0 Å². The van der Waals surface area contributed by atoms with E-state index in [1.165, 1.54) is 25.6 Å². The summed E-state index contributed by atoms with van der Waals surface area (Å²) in [4.78, 5) is 11.9. The molecule has 0 bridgehead atoms. The Labute approximate surface area is 97.2 Å². The van der Waals surface area contributed by atoms with E-state index in [9.17, 15) is 9.36 Å². The molecule has 0 radical (unpaired) electrons. The number of carbonyl (C=O) groups excluding carboxylic acids is 1. The van der Waals surface area contributed by atoms with Crippen LogP contribution in [0.25, 0.3) is 0 Å². The monoisotopic (exact) mass is 262 g/mol. The fourth-order valence-electron chi connectivity index (χ4n) is 0.886. The maximum absolute atomic E-state index is 11.7. The summed E-state index contributed by atoms with van der Waals surface area (Å²) >= 11 is 1.21. The molecule has 0 spiro atoms. The van der Waals surface area contributed by atoms with Crippen molar-refractivity contribution in [3.63, 3.8) is 0 Å². The third-order valence-corrected chi connectivity index (χ3v) is 4.23. The third-order valence-electron chi connectivity index (χ3n) is 1.72. The Hall–Kier alpha value is -0.940. The summed E-state index contributed by atoms with van der Waals surface area (Å²) in [5.41, 5.74) is -0.323. The summed E-state index contributed by atoms with van der Waals surface area (Å²) in [6, 6.07) is 3.29. The van der Waals surface area contributed by atoms with Crippen molar-refractivity contribution in [3.05, 3.63) is 34.5 Å². The molecule has 0 unspecified atom stereocenters. The Morgan fingerprint density at radius 2 is 2.06 bits per heavy atom. The third kappa shape index (κ3) is 2.80. The van der Waals surface area contributed by atoms with E-state index in [4.69, 9.17) is 4.74 Å². The van der Waals surface area contributed by atoms with Crippen LogP contribution in [0, 0.1) is 0 Å². The van der Waals surface area contributed by atoms with Crippen molar-refractivity contribution in [2.75, 3.05) is 14.2 Å². The maximum Gasteiger partial charge on any atom is 0.395 e. The average Bonchev–Trinajstić information content (AvgIpc) is 2.81. The predicted molar refractivity (Wildman–Crippen MR) is 60.5 cm³/mol. The quantitative estimate of drug-likeness (QED) is 0.464. The van der Waals surface area contributed by atoms with Crippen molar-refractivity contribution >= 4 is 24.9 Å². The summed E-state index contributed by atoms with van der Waals surface area (Å²) in [7, 11) is -1.18. The van der Waals surface area contributed by atoms with Crippen molar-refractivity contribution in [1.82, 2.24) is 0 Å². The lowest BCUT2D eigenvalue weighted by Gasteiger charge is -2.14. The van der Waals surface area contributed by atoms with Gasteiger partial charge in [0.05, 0.1) is 0 Å². The number of carbonyl (C=O) groups is 1. The first kappa shape index (κ1) is 13.1. The highest BCUT2D eigenvalue weighted by molar-refractivity contribution is 7.58. The smallest absolute Gasteiger partial charge is 0.395 e. The molecule has 1 rings (SSSR count). The summed E-state index contributed by atoms with van der Waals surface area (Å²) in [5.74, 6) is -0.630. The summed E-state index contributed by atoms with van der Waals surface area (Å²) in [6.07, 6.45) is 0. The molecule has 16 heavy (non-hydrogen) atoms. The van der Waals surface area contributed by atoms with Gasteiger partial charge in [0.1, 0.15) is 4.88 Å². The standard InChI is InChI=1S/C9H11O5PS/c1-7(15(11,12-2)13-3)14-9(10)8-5-4-6-16-8/h4-6H,1H2,2-3H3. The largest absolute Gasteiger partial charge is 0.414 e. The number of esters is 1. The molecule has 5 nitrogen and oxygen atoms in total. The second kappa shape index (κ2) is 5.41. The topological polar surface area (TPSA) is 61.8 Å². The van der Waals surface area contributed by atoms with Gasteiger partial charge in [-0.1, -0.05) is 6.07 Å². The van der Waals surface area contributed by atoms with Crippen LogP contribution in [0.1, 0.15) is 9.67 Å². The number of ether oxygens (including phenoxy) is 1. The highest BCUT2D eigenvalue weighted by atomic mass is 32.1. The lowest BCUT2D eigenvalue weighted by atomic mass is 10.5. The minimum Gasteiger partial charge on any atom is -0.414 e. The Balaban J connectivity index is 2.72. The first-order chi connectivity index (χ1) is 7.53. The Morgan fingerprint density at radius 1 is 1.44 bits per heavy atom. The molecule has 1 aromatic heterocycles. The maximum atomic E-state index is 11.7. The molecule has 0 aliphatic heterocycles. The van der Waals surface area contributed by atoms with Crippen molar-refractivity contribution in [1.29, 1.82) is 0 Å². The first-order valence-corrected chi connectivity index (χ1v) is 6.62. The van der Waals surface area contributed by atoms with Crippen LogP contribution in [0.3, 0.4) is 0 Å². The molecule has 1 aromatic rings. The molecule has 0 aromatic carbocycles. The number of rotatable bonds is 5. The molecule has 0 atom stereocenters. The highest BCUT2D eigenvalue weighted by Gasteiger charge is 2.30. The number of thiophene rings is 1.